The van der Waals surface area contributed by atoms with Gasteiger partial charge in [0.1, 0.15) is 6.10 Å². The molecule has 3 heterocycles. The maximum absolute atomic E-state index is 12.0. The summed E-state index contributed by atoms with van der Waals surface area (Å²) in [5, 5.41) is 0. The summed E-state index contributed by atoms with van der Waals surface area (Å²) in [6.45, 7) is 8.45. The number of allylic oxidation sites excluding steroid dienone is 2. The Bertz CT molecular complexity index is 596. The van der Waals surface area contributed by atoms with E-state index in [1.807, 2.05) is 6.92 Å². The summed E-state index contributed by atoms with van der Waals surface area (Å²) >= 11 is 0. The molecule has 0 saturated carbocycles. The van der Waals surface area contributed by atoms with Gasteiger partial charge in [-0.1, -0.05) is 11.6 Å². The fourth-order valence-corrected chi connectivity index (χ4v) is 3.89. The van der Waals surface area contributed by atoms with Gasteiger partial charge in [0.2, 0.25) is 0 Å². The van der Waals surface area contributed by atoms with Crippen molar-refractivity contribution in [3.8, 4) is 0 Å². The van der Waals surface area contributed by atoms with Gasteiger partial charge >= 0.3 is 5.97 Å². The minimum atomic E-state index is -0.164. The molecule has 0 spiro atoms. The molecule has 3 heteroatoms. The summed E-state index contributed by atoms with van der Waals surface area (Å²) in [4.78, 5) is 12.0. The van der Waals surface area contributed by atoms with Crippen molar-refractivity contribution >= 4 is 5.97 Å². The lowest BCUT2D eigenvalue weighted by Crippen LogP contribution is -2.33. The molecule has 0 saturated heterocycles. The number of carbonyl (C=O) groups is 1. The van der Waals surface area contributed by atoms with Crippen LogP contribution in [0.2, 0.25) is 0 Å². The molecule has 3 aliphatic heterocycles. The largest absolute Gasteiger partial charge is 0.450 e. The van der Waals surface area contributed by atoms with Crippen LogP contribution in [-0.4, -0.2) is 23.8 Å². The molecule has 0 amide bonds. The zero-order chi connectivity index (χ0) is 16.6. The highest BCUT2D eigenvalue weighted by Gasteiger charge is 2.35. The number of hydrogen-bond acceptors (Lipinski definition) is 3. The summed E-state index contributed by atoms with van der Waals surface area (Å²) in [5.74, 6) is -0.159. The molecule has 0 aliphatic carbocycles. The number of carbonyl (C=O) groups excluding carboxylic acids is 1. The molecule has 3 rings (SSSR count). The van der Waals surface area contributed by atoms with Crippen molar-refractivity contribution in [1.29, 1.82) is 0 Å². The summed E-state index contributed by atoms with van der Waals surface area (Å²) < 4.78 is 12.1. The van der Waals surface area contributed by atoms with Crippen molar-refractivity contribution in [2.75, 3.05) is 0 Å². The minimum Gasteiger partial charge on any atom is -0.450 e. The Kier molecular flexibility index (Phi) is 4.50. The maximum Gasteiger partial charge on any atom is 0.334 e. The molecule has 0 N–H and O–H groups in total. The van der Waals surface area contributed by atoms with Crippen LogP contribution in [0.15, 0.2) is 34.4 Å². The van der Waals surface area contributed by atoms with Crippen LogP contribution in [0.4, 0.5) is 0 Å². The van der Waals surface area contributed by atoms with Gasteiger partial charge in [-0.05, 0) is 83.4 Å². The molecule has 2 bridgehead atoms. The van der Waals surface area contributed by atoms with E-state index in [0.29, 0.717) is 0 Å². The predicted octanol–water partition coefficient (Wildman–Crippen LogP) is 4.63. The summed E-state index contributed by atoms with van der Waals surface area (Å²) in [7, 11) is 0. The van der Waals surface area contributed by atoms with Gasteiger partial charge < -0.3 is 9.47 Å². The van der Waals surface area contributed by atoms with Crippen LogP contribution in [0.25, 0.3) is 0 Å². The number of rotatable bonds is 0. The zero-order valence-electron chi connectivity index (χ0n) is 14.8. The lowest BCUT2D eigenvalue weighted by Gasteiger charge is -2.33. The molecular formula is C20H28O3. The first kappa shape index (κ1) is 16.5. The van der Waals surface area contributed by atoms with Crippen LogP contribution >= 0.6 is 0 Å². The van der Waals surface area contributed by atoms with E-state index in [4.69, 9.17) is 9.47 Å². The van der Waals surface area contributed by atoms with E-state index >= 15 is 0 Å². The third-order valence-electron chi connectivity index (χ3n) is 5.60. The Hall–Kier alpha value is -1.35. The average Bonchev–Trinajstić information content (AvgIpc) is 2.65. The molecule has 0 aromatic carbocycles. The predicted molar refractivity (Wildman–Crippen MR) is 91.1 cm³/mol. The lowest BCUT2D eigenvalue weighted by molar-refractivity contribution is -0.138. The van der Waals surface area contributed by atoms with Crippen molar-refractivity contribution in [3.05, 3.63) is 34.4 Å². The third kappa shape index (κ3) is 3.45. The molecular weight excluding hydrogens is 288 g/mol. The second-order valence-corrected chi connectivity index (χ2v) is 7.57. The van der Waals surface area contributed by atoms with Crippen molar-refractivity contribution in [1.82, 2.24) is 0 Å². The highest BCUT2D eigenvalue weighted by atomic mass is 16.5. The standard InChI is InChI=1S/C20H28O3/c1-13-7-8-17-14(2)6-5-10-20(4,23-17)11-9-16-15(3)19(21)22-18(16)12-13/h6,12,17-18H,5,7-11H2,1-4H3/b13-12+/t17-,18-,20-/m0/s1. The second-order valence-electron chi connectivity index (χ2n) is 7.57. The van der Waals surface area contributed by atoms with Crippen LogP contribution < -0.4 is 0 Å². The van der Waals surface area contributed by atoms with Crippen LogP contribution in [0.1, 0.15) is 66.2 Å². The number of esters is 1. The topological polar surface area (TPSA) is 35.5 Å². The van der Waals surface area contributed by atoms with Gasteiger partial charge in [-0.25, -0.2) is 4.79 Å². The van der Waals surface area contributed by atoms with Crippen LogP contribution in [0.3, 0.4) is 0 Å². The van der Waals surface area contributed by atoms with Crippen molar-refractivity contribution < 1.29 is 14.3 Å². The SMILES string of the molecule is CC1=CCC[C@@]2(C)CCC3=C(C)C(=O)O[C@H]3/C=C(\C)CC[C@@H]1O2. The van der Waals surface area contributed by atoms with Crippen molar-refractivity contribution in [2.24, 2.45) is 0 Å². The third-order valence-corrected chi connectivity index (χ3v) is 5.60. The molecule has 3 nitrogen and oxygen atoms in total. The van der Waals surface area contributed by atoms with E-state index in [-0.39, 0.29) is 23.8 Å². The zero-order valence-corrected chi connectivity index (χ0v) is 14.8. The quantitative estimate of drug-likeness (QED) is 0.483. The number of hydrogen-bond donors (Lipinski definition) is 0. The Morgan fingerprint density at radius 2 is 1.96 bits per heavy atom. The molecule has 0 aromatic heterocycles. The molecule has 3 aliphatic rings. The van der Waals surface area contributed by atoms with E-state index < -0.39 is 0 Å². The fourth-order valence-electron chi connectivity index (χ4n) is 3.89. The first-order valence-corrected chi connectivity index (χ1v) is 8.80. The second kappa shape index (κ2) is 6.27. The fraction of sp³-hybridized carbons (Fsp3) is 0.650. The van der Waals surface area contributed by atoms with Crippen molar-refractivity contribution in [3.63, 3.8) is 0 Å². The number of ether oxygens (including phenoxy) is 2. The van der Waals surface area contributed by atoms with Crippen LogP contribution in [-0.2, 0) is 14.3 Å². The average molecular weight is 316 g/mol. The minimum absolute atomic E-state index is 0.124. The molecule has 0 unspecified atom stereocenters. The Morgan fingerprint density at radius 1 is 1.17 bits per heavy atom. The van der Waals surface area contributed by atoms with E-state index in [1.165, 1.54) is 11.1 Å². The van der Waals surface area contributed by atoms with Gasteiger partial charge in [0.05, 0.1) is 11.7 Å². The van der Waals surface area contributed by atoms with Crippen LogP contribution in [0, 0.1) is 0 Å². The summed E-state index contributed by atoms with van der Waals surface area (Å²) in [6.07, 6.45) is 10.4. The normalized spacial score (nSPS) is 37.8. The van der Waals surface area contributed by atoms with E-state index in [0.717, 1.165) is 49.7 Å². The highest BCUT2D eigenvalue weighted by molar-refractivity contribution is 5.92. The van der Waals surface area contributed by atoms with Gasteiger partial charge in [0.15, 0.2) is 0 Å². The Balaban J connectivity index is 1.92. The highest BCUT2D eigenvalue weighted by Crippen LogP contribution is 2.37. The summed E-state index contributed by atoms with van der Waals surface area (Å²) in [6, 6.07) is 0. The monoisotopic (exact) mass is 316 g/mol. The smallest absolute Gasteiger partial charge is 0.334 e. The van der Waals surface area contributed by atoms with Gasteiger partial charge in [-0.15, -0.1) is 0 Å². The van der Waals surface area contributed by atoms with Gasteiger partial charge in [-0.2, -0.15) is 0 Å². The maximum atomic E-state index is 12.0. The molecule has 0 fully saturated rings. The summed E-state index contributed by atoms with van der Waals surface area (Å²) in [5.41, 5.74) is 4.45. The first-order valence-electron chi connectivity index (χ1n) is 8.80. The van der Waals surface area contributed by atoms with E-state index in [2.05, 4.69) is 32.9 Å². The molecule has 126 valence electrons. The van der Waals surface area contributed by atoms with Crippen LogP contribution in [0.5, 0.6) is 0 Å². The Labute approximate surface area is 139 Å². The van der Waals surface area contributed by atoms with Gasteiger partial charge in [0, 0.05) is 5.57 Å². The van der Waals surface area contributed by atoms with Crippen molar-refractivity contribution in [2.45, 2.75) is 84.0 Å². The number of fused-ring (bicyclic) bond motifs is 3. The molecule has 23 heavy (non-hydrogen) atoms. The Morgan fingerprint density at radius 3 is 2.74 bits per heavy atom. The first-order chi connectivity index (χ1) is 10.9. The van der Waals surface area contributed by atoms with E-state index in [9.17, 15) is 4.79 Å². The van der Waals surface area contributed by atoms with Gasteiger partial charge in [0.25, 0.3) is 0 Å². The lowest BCUT2D eigenvalue weighted by atomic mass is 9.89. The van der Waals surface area contributed by atoms with Gasteiger partial charge in [-0.3, -0.25) is 0 Å². The molecule has 3 atom stereocenters. The van der Waals surface area contributed by atoms with E-state index in [1.54, 1.807) is 0 Å². The molecule has 0 aromatic rings. The molecule has 0 radical (unpaired) electrons.